The lowest BCUT2D eigenvalue weighted by atomic mass is 9.65. The zero-order valence-corrected chi connectivity index (χ0v) is 13.5. The lowest BCUT2D eigenvalue weighted by molar-refractivity contribution is -0.140. The molecule has 0 saturated heterocycles. The van der Waals surface area contributed by atoms with E-state index in [2.05, 4.69) is 4.74 Å². The first-order chi connectivity index (χ1) is 9.65. The topological polar surface area (TPSA) is 46.5 Å². The maximum absolute atomic E-state index is 13.8. The third kappa shape index (κ3) is 3.62. The van der Waals surface area contributed by atoms with Crippen LogP contribution in [-0.4, -0.2) is 23.3 Å². The summed E-state index contributed by atoms with van der Waals surface area (Å²) >= 11 is 0. The number of ether oxygens (including phenoxy) is 1. The molecule has 1 aliphatic carbocycles. The van der Waals surface area contributed by atoms with E-state index in [1.54, 1.807) is 13.0 Å². The van der Waals surface area contributed by atoms with Gasteiger partial charge in [-0.3, -0.25) is 0 Å². The number of hydrogen-bond acceptors (Lipinski definition) is 3. The van der Waals surface area contributed by atoms with Crippen molar-refractivity contribution in [1.29, 1.82) is 0 Å². The minimum absolute atomic E-state index is 0.127. The Bertz CT molecular complexity index is 500. The fourth-order valence-corrected chi connectivity index (χ4v) is 2.56. The summed E-state index contributed by atoms with van der Waals surface area (Å²) < 4.78 is 18.4. The number of aliphatic hydroxyl groups is 1. The van der Waals surface area contributed by atoms with E-state index in [0.29, 0.717) is 0 Å². The molecule has 4 heteroatoms. The number of allylic oxidation sites excluding steroid dienone is 3. The van der Waals surface area contributed by atoms with Gasteiger partial charge in [0.1, 0.15) is 5.60 Å². The summed E-state index contributed by atoms with van der Waals surface area (Å²) in [5.74, 6) is -1.89. The van der Waals surface area contributed by atoms with Crippen molar-refractivity contribution in [2.75, 3.05) is 6.61 Å². The molecule has 0 bridgehead atoms. The highest BCUT2D eigenvalue weighted by molar-refractivity contribution is 5.87. The molecule has 21 heavy (non-hydrogen) atoms. The van der Waals surface area contributed by atoms with Gasteiger partial charge in [-0.15, -0.1) is 0 Å². The second kappa shape index (κ2) is 6.56. The third-order valence-corrected chi connectivity index (χ3v) is 4.23. The van der Waals surface area contributed by atoms with E-state index in [1.165, 1.54) is 13.0 Å². The molecule has 0 saturated carbocycles. The van der Waals surface area contributed by atoms with E-state index < -0.39 is 17.4 Å². The molecule has 0 aromatic rings. The van der Waals surface area contributed by atoms with Crippen LogP contribution < -0.4 is 0 Å². The Labute approximate surface area is 126 Å². The van der Waals surface area contributed by atoms with Crippen LogP contribution >= 0.6 is 0 Å². The highest BCUT2D eigenvalue weighted by atomic mass is 19.1. The van der Waals surface area contributed by atoms with Crippen molar-refractivity contribution in [3.8, 4) is 0 Å². The van der Waals surface area contributed by atoms with Crippen LogP contribution in [0.2, 0.25) is 0 Å². The first-order valence-corrected chi connectivity index (χ1v) is 7.28. The Morgan fingerprint density at radius 1 is 1.52 bits per heavy atom. The van der Waals surface area contributed by atoms with Crippen LogP contribution in [0.3, 0.4) is 0 Å². The van der Waals surface area contributed by atoms with E-state index >= 15 is 0 Å². The Balaban J connectivity index is 3.07. The Hall–Kier alpha value is -1.42. The molecule has 1 aliphatic rings. The zero-order valence-electron chi connectivity index (χ0n) is 13.5. The average Bonchev–Trinajstić information content (AvgIpc) is 2.41. The molecule has 1 unspecified atom stereocenters. The molecule has 3 nitrogen and oxygen atoms in total. The molecule has 0 fully saturated rings. The van der Waals surface area contributed by atoms with E-state index in [4.69, 9.17) is 0 Å². The van der Waals surface area contributed by atoms with Crippen molar-refractivity contribution >= 4 is 5.97 Å². The van der Waals surface area contributed by atoms with Crippen LogP contribution in [0.25, 0.3) is 0 Å². The summed E-state index contributed by atoms with van der Waals surface area (Å²) in [5.41, 5.74) is -0.486. The summed E-state index contributed by atoms with van der Waals surface area (Å²) in [6, 6.07) is 0. The molecule has 0 heterocycles. The molecule has 118 valence electrons. The first-order valence-electron chi connectivity index (χ1n) is 7.28. The molecule has 0 amide bonds. The number of carbonyl (C=O) groups excluding carboxylic acids is 1. The zero-order chi connectivity index (χ0) is 16.3. The van der Waals surface area contributed by atoms with Gasteiger partial charge in [-0.05, 0) is 50.8 Å². The van der Waals surface area contributed by atoms with Crippen LogP contribution in [0.15, 0.2) is 35.2 Å². The first kappa shape index (κ1) is 17.6. The maximum Gasteiger partial charge on any atom is 0.367 e. The quantitative estimate of drug-likeness (QED) is 0.371. The lowest BCUT2D eigenvalue weighted by Crippen LogP contribution is -2.45. The van der Waals surface area contributed by atoms with E-state index in [9.17, 15) is 14.3 Å². The van der Waals surface area contributed by atoms with Crippen molar-refractivity contribution < 1.29 is 19.0 Å². The second-order valence-corrected chi connectivity index (χ2v) is 6.13. The van der Waals surface area contributed by atoms with Gasteiger partial charge in [0, 0.05) is 5.41 Å². The van der Waals surface area contributed by atoms with Gasteiger partial charge in [-0.2, -0.15) is 4.39 Å². The SMILES string of the molecule is CCOC(=O)/C(F)=C(C)\C=C\C1(O)C(C)=CCCC1(C)C. The molecule has 0 aliphatic heterocycles. The molecule has 0 aromatic carbocycles. The van der Waals surface area contributed by atoms with Crippen LogP contribution in [0, 0.1) is 5.41 Å². The summed E-state index contributed by atoms with van der Waals surface area (Å²) in [6.07, 6.45) is 6.79. The Morgan fingerprint density at radius 2 is 2.14 bits per heavy atom. The van der Waals surface area contributed by atoms with Crippen molar-refractivity contribution in [2.45, 2.75) is 53.1 Å². The van der Waals surface area contributed by atoms with Gasteiger partial charge in [0.15, 0.2) is 0 Å². The van der Waals surface area contributed by atoms with E-state index in [0.717, 1.165) is 18.4 Å². The highest BCUT2D eigenvalue weighted by Crippen LogP contribution is 2.45. The number of hydrogen-bond donors (Lipinski definition) is 1. The van der Waals surface area contributed by atoms with Crippen LogP contribution in [-0.2, 0) is 9.53 Å². The number of halogens is 1. The third-order valence-electron chi connectivity index (χ3n) is 4.23. The van der Waals surface area contributed by atoms with E-state index in [1.807, 2.05) is 26.8 Å². The standard InChI is InChI=1S/C17H25FO3/c1-6-21-15(19)14(18)12(2)9-11-17(20)13(3)8-7-10-16(17,4)5/h8-9,11,20H,6-7,10H2,1-5H3/b11-9+,14-12+. The number of rotatable bonds is 4. The monoisotopic (exact) mass is 296 g/mol. The van der Waals surface area contributed by atoms with Crippen LogP contribution in [0.4, 0.5) is 4.39 Å². The van der Waals surface area contributed by atoms with Crippen molar-refractivity contribution in [2.24, 2.45) is 5.41 Å². The number of carbonyl (C=O) groups is 1. The number of esters is 1. The molecule has 0 radical (unpaired) electrons. The molecule has 1 atom stereocenters. The average molecular weight is 296 g/mol. The van der Waals surface area contributed by atoms with Crippen LogP contribution in [0.5, 0.6) is 0 Å². The molecule has 1 rings (SSSR count). The maximum atomic E-state index is 13.8. The van der Waals surface area contributed by atoms with Gasteiger partial charge >= 0.3 is 5.97 Å². The summed E-state index contributed by atoms with van der Waals surface area (Å²) in [5, 5.41) is 10.9. The normalized spacial score (nSPS) is 26.3. The van der Waals surface area contributed by atoms with Gasteiger partial charge < -0.3 is 9.84 Å². The predicted octanol–water partition coefficient (Wildman–Crippen LogP) is 3.85. The minimum Gasteiger partial charge on any atom is -0.461 e. The van der Waals surface area contributed by atoms with E-state index in [-0.39, 0.29) is 17.6 Å². The Morgan fingerprint density at radius 3 is 2.67 bits per heavy atom. The van der Waals surface area contributed by atoms with Gasteiger partial charge in [0.25, 0.3) is 0 Å². The van der Waals surface area contributed by atoms with Crippen molar-refractivity contribution in [1.82, 2.24) is 0 Å². The van der Waals surface area contributed by atoms with Crippen molar-refractivity contribution in [3.05, 3.63) is 35.2 Å². The van der Waals surface area contributed by atoms with Gasteiger partial charge in [0.2, 0.25) is 5.83 Å². The lowest BCUT2D eigenvalue weighted by Gasteiger charge is -2.44. The molecule has 1 N–H and O–H groups in total. The highest BCUT2D eigenvalue weighted by Gasteiger charge is 2.44. The van der Waals surface area contributed by atoms with Crippen molar-refractivity contribution in [3.63, 3.8) is 0 Å². The fraction of sp³-hybridized carbons (Fsp3) is 0.588. The predicted molar refractivity (Wildman–Crippen MR) is 81.3 cm³/mol. The fourth-order valence-electron chi connectivity index (χ4n) is 2.56. The molecular weight excluding hydrogens is 271 g/mol. The molecular formula is C17H25FO3. The minimum atomic E-state index is -1.14. The molecule has 0 aromatic heterocycles. The Kier molecular flexibility index (Phi) is 5.51. The summed E-state index contributed by atoms with van der Waals surface area (Å²) in [6.45, 7) is 9.07. The summed E-state index contributed by atoms with van der Waals surface area (Å²) in [4.78, 5) is 11.3. The van der Waals surface area contributed by atoms with Gasteiger partial charge in [-0.25, -0.2) is 4.79 Å². The second-order valence-electron chi connectivity index (χ2n) is 6.13. The van der Waals surface area contributed by atoms with Crippen LogP contribution in [0.1, 0.15) is 47.5 Å². The molecule has 0 spiro atoms. The van der Waals surface area contributed by atoms with Gasteiger partial charge in [0.05, 0.1) is 6.61 Å². The van der Waals surface area contributed by atoms with Gasteiger partial charge in [-0.1, -0.05) is 26.0 Å². The smallest absolute Gasteiger partial charge is 0.367 e. The summed E-state index contributed by atoms with van der Waals surface area (Å²) in [7, 11) is 0. The largest absolute Gasteiger partial charge is 0.461 e.